The number of benzene rings is 2. The summed E-state index contributed by atoms with van der Waals surface area (Å²) < 4.78 is 15.6. The average Bonchev–Trinajstić information content (AvgIpc) is 2.61. The molecule has 0 aliphatic carbocycles. The van der Waals surface area contributed by atoms with Gasteiger partial charge in [0.1, 0.15) is 12.4 Å². The van der Waals surface area contributed by atoms with Gasteiger partial charge in [0.05, 0.1) is 21.6 Å². The van der Waals surface area contributed by atoms with Gasteiger partial charge in [0.15, 0.2) is 0 Å². The molecule has 27 heavy (non-hydrogen) atoms. The maximum Gasteiger partial charge on any atom is 0.336 e. The third-order valence-corrected chi connectivity index (χ3v) is 4.25. The predicted molar refractivity (Wildman–Crippen MR) is 102 cm³/mol. The van der Waals surface area contributed by atoms with Crippen molar-refractivity contribution >= 4 is 28.4 Å². The van der Waals surface area contributed by atoms with E-state index >= 15 is 0 Å². The molecule has 3 aromatic rings. The van der Waals surface area contributed by atoms with Crippen LogP contribution in [0.5, 0.6) is 0 Å². The zero-order valence-electron chi connectivity index (χ0n) is 14.7. The lowest BCUT2D eigenvalue weighted by Crippen LogP contribution is -2.42. The SMILES string of the molecule is CC(C)NC(=O)Cn1c(=O)n(-c2ccc(F)c(Cl)c2)c(=O)c2ccccc21. The molecule has 1 heterocycles. The lowest BCUT2D eigenvalue weighted by Gasteiger charge is -2.15. The second-order valence-corrected chi connectivity index (χ2v) is 6.75. The van der Waals surface area contributed by atoms with Crippen molar-refractivity contribution in [2.75, 3.05) is 0 Å². The van der Waals surface area contributed by atoms with Crippen LogP contribution < -0.4 is 16.6 Å². The summed E-state index contributed by atoms with van der Waals surface area (Å²) in [5.41, 5.74) is -0.810. The van der Waals surface area contributed by atoms with Crippen LogP contribution in [0.2, 0.25) is 5.02 Å². The number of aromatic nitrogens is 2. The average molecular weight is 390 g/mol. The van der Waals surface area contributed by atoms with E-state index in [1.807, 2.05) is 0 Å². The summed E-state index contributed by atoms with van der Waals surface area (Å²) in [6.07, 6.45) is 0. The highest BCUT2D eigenvalue weighted by Crippen LogP contribution is 2.18. The number of nitrogens with one attached hydrogen (secondary N) is 1. The van der Waals surface area contributed by atoms with Gasteiger partial charge in [-0.05, 0) is 44.2 Å². The zero-order chi connectivity index (χ0) is 19.7. The number of para-hydroxylation sites is 1. The molecule has 0 unspecified atom stereocenters. The molecule has 140 valence electrons. The highest BCUT2D eigenvalue weighted by molar-refractivity contribution is 6.30. The van der Waals surface area contributed by atoms with Crippen LogP contribution in [-0.2, 0) is 11.3 Å². The molecule has 0 radical (unpaired) electrons. The van der Waals surface area contributed by atoms with Crippen molar-refractivity contribution in [1.29, 1.82) is 0 Å². The fourth-order valence-corrected chi connectivity index (χ4v) is 3.01. The third kappa shape index (κ3) is 3.64. The summed E-state index contributed by atoms with van der Waals surface area (Å²) in [5.74, 6) is -1.02. The Morgan fingerprint density at radius 2 is 1.89 bits per heavy atom. The summed E-state index contributed by atoms with van der Waals surface area (Å²) in [5, 5.41) is 2.76. The van der Waals surface area contributed by atoms with E-state index in [2.05, 4.69) is 5.32 Å². The molecule has 0 fully saturated rings. The molecule has 3 rings (SSSR count). The number of nitrogens with zero attached hydrogens (tertiary/aromatic N) is 2. The van der Waals surface area contributed by atoms with E-state index < -0.39 is 17.1 Å². The first kappa shape index (κ1) is 18.8. The van der Waals surface area contributed by atoms with Crippen LogP contribution in [0.1, 0.15) is 13.8 Å². The van der Waals surface area contributed by atoms with Gasteiger partial charge in [-0.3, -0.25) is 14.2 Å². The molecular formula is C19H17ClFN3O3. The van der Waals surface area contributed by atoms with Gasteiger partial charge >= 0.3 is 5.69 Å². The van der Waals surface area contributed by atoms with E-state index in [9.17, 15) is 18.8 Å². The van der Waals surface area contributed by atoms with E-state index in [0.29, 0.717) is 5.52 Å². The van der Waals surface area contributed by atoms with Crippen LogP contribution in [0.4, 0.5) is 4.39 Å². The van der Waals surface area contributed by atoms with Crippen molar-refractivity contribution in [1.82, 2.24) is 14.5 Å². The second kappa shape index (κ2) is 7.36. The highest BCUT2D eigenvalue weighted by Gasteiger charge is 2.17. The minimum absolute atomic E-state index is 0.0960. The molecule has 8 heteroatoms. The van der Waals surface area contributed by atoms with Crippen molar-refractivity contribution in [2.45, 2.75) is 26.4 Å². The lowest BCUT2D eigenvalue weighted by molar-refractivity contribution is -0.122. The number of fused-ring (bicyclic) bond motifs is 1. The van der Waals surface area contributed by atoms with Crippen molar-refractivity contribution in [3.8, 4) is 5.69 Å². The van der Waals surface area contributed by atoms with Crippen LogP contribution in [0.15, 0.2) is 52.1 Å². The normalized spacial score (nSPS) is 11.1. The van der Waals surface area contributed by atoms with Gasteiger partial charge < -0.3 is 5.32 Å². The summed E-state index contributed by atoms with van der Waals surface area (Å²) in [6, 6.07) is 9.98. The first-order valence-electron chi connectivity index (χ1n) is 8.29. The first-order valence-corrected chi connectivity index (χ1v) is 8.66. The molecule has 0 aliphatic heterocycles. The minimum atomic E-state index is -0.708. The predicted octanol–water partition coefficient (Wildman–Crippen LogP) is 2.47. The monoisotopic (exact) mass is 389 g/mol. The molecule has 1 aromatic heterocycles. The van der Waals surface area contributed by atoms with E-state index in [4.69, 9.17) is 11.6 Å². The maximum atomic E-state index is 13.5. The van der Waals surface area contributed by atoms with Gasteiger partial charge in [0.2, 0.25) is 5.91 Å². The molecule has 6 nitrogen and oxygen atoms in total. The van der Waals surface area contributed by atoms with Crippen molar-refractivity contribution in [3.05, 3.63) is 74.1 Å². The third-order valence-electron chi connectivity index (χ3n) is 3.96. The van der Waals surface area contributed by atoms with Gasteiger partial charge in [0.25, 0.3) is 5.56 Å². The Kier molecular flexibility index (Phi) is 5.14. The van der Waals surface area contributed by atoms with Gasteiger partial charge in [-0.15, -0.1) is 0 Å². The molecule has 0 saturated heterocycles. The second-order valence-electron chi connectivity index (χ2n) is 6.35. The summed E-state index contributed by atoms with van der Waals surface area (Å²) in [7, 11) is 0. The molecular weight excluding hydrogens is 373 g/mol. The van der Waals surface area contributed by atoms with E-state index in [1.165, 1.54) is 16.7 Å². The number of carbonyl (C=O) groups is 1. The molecule has 0 saturated carbocycles. The quantitative estimate of drug-likeness (QED) is 0.745. The zero-order valence-corrected chi connectivity index (χ0v) is 15.5. The van der Waals surface area contributed by atoms with Crippen LogP contribution in [-0.4, -0.2) is 21.1 Å². The Morgan fingerprint density at radius 3 is 2.56 bits per heavy atom. The number of rotatable bonds is 4. The van der Waals surface area contributed by atoms with E-state index in [0.717, 1.165) is 10.6 Å². The number of carbonyl (C=O) groups excluding carboxylic acids is 1. The minimum Gasteiger partial charge on any atom is -0.352 e. The smallest absolute Gasteiger partial charge is 0.336 e. The summed E-state index contributed by atoms with van der Waals surface area (Å²) >= 11 is 5.80. The van der Waals surface area contributed by atoms with Crippen LogP contribution >= 0.6 is 11.6 Å². The largest absolute Gasteiger partial charge is 0.352 e. The van der Waals surface area contributed by atoms with Crippen molar-refractivity contribution in [3.63, 3.8) is 0 Å². The molecule has 0 bridgehead atoms. The standard InChI is InChI=1S/C19H17ClFN3O3/c1-11(2)22-17(25)10-23-16-6-4-3-5-13(16)18(26)24(19(23)27)12-7-8-15(21)14(20)9-12/h3-9,11H,10H2,1-2H3,(H,22,25). The Labute approximate surface area is 158 Å². The van der Waals surface area contributed by atoms with Crippen molar-refractivity contribution in [2.24, 2.45) is 0 Å². The Morgan fingerprint density at radius 1 is 1.19 bits per heavy atom. The molecule has 2 aromatic carbocycles. The summed E-state index contributed by atoms with van der Waals surface area (Å²) in [6.45, 7) is 3.35. The Bertz CT molecular complexity index is 1150. The number of hydrogen-bond donors (Lipinski definition) is 1. The fraction of sp³-hybridized carbons (Fsp3) is 0.211. The maximum absolute atomic E-state index is 13.5. The Balaban J connectivity index is 2.29. The molecule has 1 N–H and O–H groups in total. The number of halogens is 2. The van der Waals surface area contributed by atoms with Gasteiger partial charge in [-0.2, -0.15) is 0 Å². The van der Waals surface area contributed by atoms with Crippen LogP contribution in [0, 0.1) is 5.82 Å². The molecule has 1 amide bonds. The topological polar surface area (TPSA) is 73.1 Å². The molecule has 0 spiro atoms. The van der Waals surface area contributed by atoms with E-state index in [-0.39, 0.29) is 34.6 Å². The Hall–Kier alpha value is -2.93. The number of hydrogen-bond acceptors (Lipinski definition) is 3. The summed E-state index contributed by atoms with van der Waals surface area (Å²) in [4.78, 5) is 38.1. The van der Waals surface area contributed by atoms with Gasteiger partial charge in [-0.25, -0.2) is 13.8 Å². The lowest BCUT2D eigenvalue weighted by atomic mass is 10.2. The fourth-order valence-electron chi connectivity index (χ4n) is 2.84. The van der Waals surface area contributed by atoms with Crippen LogP contribution in [0.25, 0.3) is 16.6 Å². The highest BCUT2D eigenvalue weighted by atomic mass is 35.5. The van der Waals surface area contributed by atoms with E-state index in [1.54, 1.807) is 38.1 Å². The first-order chi connectivity index (χ1) is 12.8. The molecule has 0 atom stereocenters. The van der Waals surface area contributed by atoms with Gasteiger partial charge in [-0.1, -0.05) is 23.7 Å². The molecule has 0 aliphatic rings. The van der Waals surface area contributed by atoms with Crippen molar-refractivity contribution < 1.29 is 9.18 Å². The van der Waals surface area contributed by atoms with Crippen LogP contribution in [0.3, 0.4) is 0 Å². The van der Waals surface area contributed by atoms with Gasteiger partial charge in [0, 0.05) is 6.04 Å². The number of amides is 1.